The highest BCUT2D eigenvalue weighted by molar-refractivity contribution is 6.03. The molecule has 1 aliphatic rings. The summed E-state index contributed by atoms with van der Waals surface area (Å²) in [5.74, 6) is -1.70. The van der Waals surface area contributed by atoms with E-state index in [1.54, 1.807) is 20.8 Å². The van der Waals surface area contributed by atoms with E-state index in [2.05, 4.69) is 5.32 Å². The number of benzene rings is 1. The molecule has 1 aromatic rings. The van der Waals surface area contributed by atoms with Crippen LogP contribution in [0.5, 0.6) is 0 Å². The van der Waals surface area contributed by atoms with Crippen LogP contribution in [0.25, 0.3) is 0 Å². The van der Waals surface area contributed by atoms with Crippen molar-refractivity contribution in [3.05, 3.63) is 35.9 Å². The van der Waals surface area contributed by atoms with Gasteiger partial charge in [-0.15, -0.1) is 0 Å². The number of nitrogens with zero attached hydrogens (tertiary/aromatic N) is 2. The van der Waals surface area contributed by atoms with Crippen LogP contribution in [0.4, 0.5) is 4.79 Å². The number of nitrogens with one attached hydrogen (secondary N) is 1. The predicted molar refractivity (Wildman–Crippen MR) is 113 cm³/mol. The summed E-state index contributed by atoms with van der Waals surface area (Å²) in [6.45, 7) is 5.35. The first-order valence-electron chi connectivity index (χ1n) is 10.5. The van der Waals surface area contributed by atoms with E-state index >= 15 is 0 Å². The molecule has 2 rings (SSSR count). The van der Waals surface area contributed by atoms with E-state index in [0.29, 0.717) is 12.8 Å². The van der Waals surface area contributed by atoms with Crippen molar-refractivity contribution >= 4 is 23.9 Å². The summed E-state index contributed by atoms with van der Waals surface area (Å²) in [5.41, 5.74) is 1.05. The van der Waals surface area contributed by atoms with Crippen LogP contribution < -0.4 is 5.32 Å². The van der Waals surface area contributed by atoms with Crippen molar-refractivity contribution in [3.63, 3.8) is 0 Å². The summed E-state index contributed by atoms with van der Waals surface area (Å²) in [7, 11) is 1.52. The van der Waals surface area contributed by atoms with Crippen LogP contribution >= 0.6 is 0 Å². The van der Waals surface area contributed by atoms with E-state index in [9.17, 15) is 19.2 Å². The molecule has 1 N–H and O–H groups in total. The van der Waals surface area contributed by atoms with Gasteiger partial charge in [-0.3, -0.25) is 14.9 Å². The molecule has 1 aliphatic heterocycles. The maximum Gasteiger partial charge on any atom is 0.331 e. The van der Waals surface area contributed by atoms with E-state index in [4.69, 9.17) is 9.47 Å². The van der Waals surface area contributed by atoms with Crippen molar-refractivity contribution in [1.29, 1.82) is 0 Å². The highest BCUT2D eigenvalue weighted by atomic mass is 16.5. The molecule has 1 saturated heterocycles. The molecule has 0 aliphatic carbocycles. The number of carbonyl (C=O) groups is 4. The summed E-state index contributed by atoms with van der Waals surface area (Å²) in [4.78, 5) is 52.5. The number of carbonyl (C=O) groups excluding carboxylic acids is 4. The van der Waals surface area contributed by atoms with Gasteiger partial charge in [0, 0.05) is 7.05 Å². The van der Waals surface area contributed by atoms with Gasteiger partial charge < -0.3 is 14.4 Å². The van der Waals surface area contributed by atoms with Gasteiger partial charge in [-0.25, -0.2) is 14.5 Å². The van der Waals surface area contributed by atoms with Gasteiger partial charge in [0.05, 0.1) is 25.8 Å². The number of aryl methyl sites for hydroxylation is 1. The number of ether oxygens (including phenoxy) is 2. The molecule has 1 fully saturated rings. The fourth-order valence-corrected chi connectivity index (χ4v) is 3.45. The molecular formula is C22H31N3O6. The third kappa shape index (κ3) is 6.27. The molecule has 0 bridgehead atoms. The molecule has 0 unspecified atom stereocenters. The number of esters is 2. The fraction of sp³-hybridized carbons (Fsp3) is 0.545. The van der Waals surface area contributed by atoms with Gasteiger partial charge in [0.2, 0.25) is 5.91 Å². The molecule has 3 atom stereocenters. The molecule has 1 heterocycles. The fourth-order valence-electron chi connectivity index (χ4n) is 3.45. The first-order chi connectivity index (χ1) is 14.8. The summed E-state index contributed by atoms with van der Waals surface area (Å²) in [6.07, 6.45) is 1.02. The number of rotatable bonds is 10. The van der Waals surface area contributed by atoms with Gasteiger partial charge >= 0.3 is 18.0 Å². The first kappa shape index (κ1) is 24.3. The molecule has 170 valence electrons. The Kier molecular flexibility index (Phi) is 8.99. The third-order valence-electron chi connectivity index (χ3n) is 5.04. The number of imide groups is 1. The Bertz CT molecular complexity index is 785. The van der Waals surface area contributed by atoms with Crippen molar-refractivity contribution in [2.75, 3.05) is 26.8 Å². The number of hydrogen-bond donors (Lipinski definition) is 1. The number of likely N-dealkylation sites (N-methyl/N-ethyl adjacent to an activating group) is 1. The van der Waals surface area contributed by atoms with Gasteiger partial charge in [0.25, 0.3) is 0 Å². The molecule has 0 aromatic heterocycles. The Morgan fingerprint density at radius 2 is 1.77 bits per heavy atom. The normalized spacial score (nSPS) is 17.9. The standard InChI is InChI=1S/C22H31N3O6/c1-5-30-20(27)17(13-12-16-10-8-7-9-11-16)23-15(3)19(26)25-18(21(28)31-6-2)14-24(4)22(25)29/h7-11,15,17-18,23H,5-6,12-14H2,1-4H3/t15-,17-,18-/m0/s1. The lowest BCUT2D eigenvalue weighted by Gasteiger charge is -2.26. The van der Waals surface area contributed by atoms with Gasteiger partial charge in [0.15, 0.2) is 6.04 Å². The molecule has 1 aromatic carbocycles. The molecule has 0 spiro atoms. The average molecular weight is 434 g/mol. The van der Waals surface area contributed by atoms with Crippen LogP contribution in [0.1, 0.15) is 32.8 Å². The Morgan fingerprint density at radius 3 is 2.39 bits per heavy atom. The largest absolute Gasteiger partial charge is 0.465 e. The SMILES string of the molecule is CCOC(=O)[C@H](CCc1ccccc1)N[C@@H](C)C(=O)N1C(=O)N(C)C[C@H]1C(=O)OCC. The molecule has 3 amide bonds. The second-order valence-electron chi connectivity index (χ2n) is 7.36. The molecule has 0 radical (unpaired) electrons. The Hall–Kier alpha value is -2.94. The van der Waals surface area contributed by atoms with Crippen molar-refractivity contribution in [2.45, 2.75) is 51.7 Å². The van der Waals surface area contributed by atoms with Crippen LogP contribution in [0, 0.1) is 0 Å². The van der Waals surface area contributed by atoms with Gasteiger partial charge in [-0.05, 0) is 39.2 Å². The van der Waals surface area contributed by atoms with Crippen molar-refractivity contribution in [3.8, 4) is 0 Å². The second-order valence-corrected chi connectivity index (χ2v) is 7.36. The third-order valence-corrected chi connectivity index (χ3v) is 5.04. The zero-order valence-electron chi connectivity index (χ0n) is 18.5. The summed E-state index contributed by atoms with van der Waals surface area (Å²) in [6, 6.07) is 6.44. The van der Waals surface area contributed by atoms with E-state index in [1.165, 1.54) is 11.9 Å². The monoisotopic (exact) mass is 433 g/mol. The topological polar surface area (TPSA) is 105 Å². The molecule has 31 heavy (non-hydrogen) atoms. The smallest absolute Gasteiger partial charge is 0.331 e. The lowest BCUT2D eigenvalue weighted by molar-refractivity contribution is -0.152. The highest BCUT2D eigenvalue weighted by Crippen LogP contribution is 2.18. The van der Waals surface area contributed by atoms with Gasteiger partial charge in [0.1, 0.15) is 6.04 Å². The van der Waals surface area contributed by atoms with Gasteiger partial charge in [-0.1, -0.05) is 30.3 Å². The Labute approximate surface area is 182 Å². The van der Waals surface area contributed by atoms with Crippen LogP contribution in [0.3, 0.4) is 0 Å². The summed E-state index contributed by atoms with van der Waals surface area (Å²) < 4.78 is 10.2. The zero-order valence-corrected chi connectivity index (χ0v) is 18.5. The number of hydrogen-bond acceptors (Lipinski definition) is 7. The lowest BCUT2D eigenvalue weighted by Crippen LogP contribution is -2.55. The minimum atomic E-state index is -1.01. The van der Waals surface area contributed by atoms with Crippen molar-refractivity contribution in [1.82, 2.24) is 15.1 Å². The van der Waals surface area contributed by atoms with E-state index in [-0.39, 0.29) is 19.8 Å². The number of urea groups is 1. The lowest BCUT2D eigenvalue weighted by atomic mass is 10.0. The van der Waals surface area contributed by atoms with Gasteiger partial charge in [-0.2, -0.15) is 0 Å². The van der Waals surface area contributed by atoms with Crippen LogP contribution in [-0.2, 0) is 30.3 Å². The quantitative estimate of drug-likeness (QED) is 0.556. The van der Waals surface area contributed by atoms with E-state index < -0.39 is 42.0 Å². The van der Waals surface area contributed by atoms with E-state index in [1.807, 2.05) is 30.3 Å². The first-order valence-corrected chi connectivity index (χ1v) is 10.5. The molecule has 9 heteroatoms. The second kappa shape index (κ2) is 11.5. The Balaban J connectivity index is 2.11. The minimum absolute atomic E-state index is 0.0610. The molecule has 0 saturated carbocycles. The number of amides is 3. The van der Waals surface area contributed by atoms with Crippen LogP contribution in [0.2, 0.25) is 0 Å². The van der Waals surface area contributed by atoms with Crippen molar-refractivity contribution < 1.29 is 28.7 Å². The molecule has 9 nitrogen and oxygen atoms in total. The maximum absolute atomic E-state index is 13.1. The molecular weight excluding hydrogens is 402 g/mol. The van der Waals surface area contributed by atoms with Crippen molar-refractivity contribution in [2.24, 2.45) is 0 Å². The van der Waals surface area contributed by atoms with Crippen LogP contribution in [0.15, 0.2) is 30.3 Å². The van der Waals surface area contributed by atoms with Crippen LogP contribution in [-0.4, -0.2) is 78.6 Å². The Morgan fingerprint density at radius 1 is 1.13 bits per heavy atom. The average Bonchev–Trinajstić information content (AvgIpc) is 3.06. The summed E-state index contributed by atoms with van der Waals surface area (Å²) >= 11 is 0. The highest BCUT2D eigenvalue weighted by Gasteiger charge is 2.46. The predicted octanol–water partition coefficient (Wildman–Crippen LogP) is 1.35. The zero-order chi connectivity index (χ0) is 23.0. The maximum atomic E-state index is 13.1. The summed E-state index contributed by atoms with van der Waals surface area (Å²) in [5, 5.41) is 2.99. The minimum Gasteiger partial charge on any atom is -0.465 e. The van der Waals surface area contributed by atoms with E-state index in [0.717, 1.165) is 10.5 Å².